The molecule has 0 spiro atoms. The lowest BCUT2D eigenvalue weighted by atomic mass is 10.1. The van der Waals surface area contributed by atoms with Gasteiger partial charge in [0.1, 0.15) is 54.1 Å². The Bertz CT molecular complexity index is 1830. The summed E-state index contributed by atoms with van der Waals surface area (Å²) in [5, 5.41) is 22.9. The van der Waals surface area contributed by atoms with E-state index in [0.29, 0.717) is 16.7 Å². The summed E-state index contributed by atoms with van der Waals surface area (Å²) in [5.74, 6) is 0.0693. The van der Waals surface area contributed by atoms with Crippen LogP contribution in [0.2, 0.25) is 0 Å². The molecule has 0 aromatic carbocycles. The molecule has 4 aromatic heterocycles. The summed E-state index contributed by atoms with van der Waals surface area (Å²) in [6, 6.07) is 3.29. The van der Waals surface area contributed by atoms with Crippen LogP contribution in [0.4, 0.5) is 11.5 Å². The van der Waals surface area contributed by atoms with E-state index in [2.05, 4.69) is 19.9 Å². The van der Waals surface area contributed by atoms with E-state index in [1.165, 1.54) is 28.0 Å². The van der Waals surface area contributed by atoms with Gasteiger partial charge in [0, 0.05) is 23.5 Å². The number of imidazole rings is 1. The first-order chi connectivity index (χ1) is 20.9. The van der Waals surface area contributed by atoms with Gasteiger partial charge in [0.2, 0.25) is 0 Å². The number of hydrogen-bond acceptors (Lipinski definition) is 16. The lowest BCUT2D eigenvalue weighted by Gasteiger charge is -2.27. The molecule has 7 rings (SSSR count). The third kappa shape index (κ3) is 5.21. The molecule has 44 heavy (non-hydrogen) atoms. The van der Waals surface area contributed by atoms with Crippen LogP contribution in [0.3, 0.4) is 0 Å². The molecule has 3 aliphatic rings. The van der Waals surface area contributed by atoms with Gasteiger partial charge in [-0.05, 0) is 23.9 Å². The number of phosphoric acid groups is 1. The molecule has 2 bridgehead atoms. The summed E-state index contributed by atoms with van der Waals surface area (Å²) in [6.07, 6.45) is -5.44. The van der Waals surface area contributed by atoms with Gasteiger partial charge in [-0.2, -0.15) is 0 Å². The highest BCUT2D eigenvalue weighted by molar-refractivity contribution is 8.07. The summed E-state index contributed by atoms with van der Waals surface area (Å²) in [6.45, 7) is -5.37. The Balaban J connectivity index is 1.20. The predicted octanol–water partition coefficient (Wildman–Crippen LogP) is -0.308. The van der Waals surface area contributed by atoms with Gasteiger partial charge in [0.05, 0.1) is 19.5 Å². The molecule has 3 fully saturated rings. The quantitative estimate of drug-likeness (QED) is 0.149. The molecule has 0 amide bonds. The number of phosphoric ester groups is 1. The van der Waals surface area contributed by atoms with Crippen LogP contribution in [-0.2, 0) is 43.9 Å². The molecule has 19 nitrogen and oxygen atoms in total. The smallest absolute Gasteiger partial charge is 0.398 e. The van der Waals surface area contributed by atoms with Crippen molar-refractivity contribution in [3.05, 3.63) is 37.2 Å². The van der Waals surface area contributed by atoms with E-state index >= 15 is 0 Å². The van der Waals surface area contributed by atoms with E-state index in [9.17, 15) is 24.6 Å². The van der Waals surface area contributed by atoms with Gasteiger partial charge < -0.3 is 50.0 Å². The maximum Gasteiger partial charge on any atom is 0.472 e. The highest BCUT2D eigenvalue weighted by Gasteiger charge is 2.53. The molecule has 0 radical (unpaired) electrons. The minimum atomic E-state index is -4.98. The van der Waals surface area contributed by atoms with Crippen LogP contribution in [0.5, 0.6) is 0 Å². The molecule has 22 heteroatoms. The fraction of sp³-hybridized carbons (Fsp3) is 0.455. The SMILES string of the molecule is Nc1ccnc2c1ccn2[C@@H]1O[C@@H]2COP(=O)(O)O[C@@H]3[C@H](O)[C@@H](COP(O)(=S)O[C@H]2[C@H]1O)O[C@H]3n1cnc2c(N)ncnc21. The molecular formula is C22H26N8O11P2S. The standard InChI is InChI=1S/C22H26N8O11P2S/c23-10-1-3-25-19-9(10)2-4-29(19)21-15(32)16-12(39-21)6-36-42(33,34)40-17-14(31)11(5-37-43(35,44)41-16)38-22(17)30-8-28-13-18(24)26-7-27-20(13)30/h1-4,7-8,11-12,14-17,21-22,31-32H,5-6H2,(H2,23,25)(H,33,34)(H,35,44)(H2,24,26,27)/t11-,12-,14-,15-,16-,17-,21-,22-,43?/m1/s1. The Morgan fingerprint density at radius 1 is 0.886 bits per heavy atom. The topological polar surface area (TPSA) is 267 Å². The Labute approximate surface area is 252 Å². The maximum absolute atomic E-state index is 13.2. The number of nitrogen functional groups attached to an aromatic ring is 2. The second-order valence-electron chi connectivity index (χ2n) is 10.2. The van der Waals surface area contributed by atoms with Crippen molar-refractivity contribution in [1.82, 2.24) is 29.1 Å². The first-order valence-electron chi connectivity index (χ1n) is 13.0. The summed E-state index contributed by atoms with van der Waals surface area (Å²) < 4.78 is 49.9. The second kappa shape index (κ2) is 11.0. The van der Waals surface area contributed by atoms with Crippen LogP contribution in [0.1, 0.15) is 12.5 Å². The summed E-state index contributed by atoms with van der Waals surface area (Å²) in [7, 11) is -4.98. The highest BCUT2D eigenvalue weighted by Crippen LogP contribution is 2.54. The number of aliphatic hydroxyl groups excluding tert-OH is 2. The number of nitrogens with zero attached hydrogens (tertiary/aromatic N) is 6. The van der Waals surface area contributed by atoms with Crippen LogP contribution in [0.25, 0.3) is 22.2 Å². The van der Waals surface area contributed by atoms with E-state index in [4.69, 9.17) is 50.8 Å². The first kappa shape index (κ1) is 30.0. The zero-order valence-electron chi connectivity index (χ0n) is 22.3. The molecule has 8 N–H and O–H groups in total. The van der Waals surface area contributed by atoms with Crippen molar-refractivity contribution in [1.29, 1.82) is 0 Å². The van der Waals surface area contributed by atoms with Crippen molar-refractivity contribution in [2.45, 2.75) is 49.1 Å². The lowest BCUT2D eigenvalue weighted by molar-refractivity contribution is -0.0646. The Kier molecular flexibility index (Phi) is 7.49. The molecule has 0 saturated carbocycles. The van der Waals surface area contributed by atoms with Gasteiger partial charge in [-0.15, -0.1) is 0 Å². The Morgan fingerprint density at radius 3 is 2.48 bits per heavy atom. The monoisotopic (exact) mass is 672 g/mol. The van der Waals surface area contributed by atoms with Crippen molar-refractivity contribution >= 4 is 60.1 Å². The molecule has 3 saturated heterocycles. The van der Waals surface area contributed by atoms with Crippen molar-refractivity contribution in [2.75, 3.05) is 24.7 Å². The van der Waals surface area contributed by atoms with Crippen LogP contribution in [0, 0.1) is 0 Å². The van der Waals surface area contributed by atoms with E-state index in [1.807, 2.05) is 0 Å². The van der Waals surface area contributed by atoms with Crippen molar-refractivity contribution < 1.29 is 52.1 Å². The van der Waals surface area contributed by atoms with Crippen LogP contribution >= 0.6 is 14.5 Å². The molecule has 236 valence electrons. The molecular weight excluding hydrogens is 646 g/mol. The second-order valence-corrected chi connectivity index (χ2v) is 14.4. The van der Waals surface area contributed by atoms with Gasteiger partial charge in [-0.1, -0.05) is 0 Å². The number of nitrogens with two attached hydrogens (primary N) is 2. The van der Waals surface area contributed by atoms with Crippen molar-refractivity contribution in [3.63, 3.8) is 0 Å². The van der Waals surface area contributed by atoms with Gasteiger partial charge in [-0.3, -0.25) is 18.1 Å². The van der Waals surface area contributed by atoms with E-state index in [-0.39, 0.29) is 17.0 Å². The van der Waals surface area contributed by atoms with E-state index in [0.717, 1.165) is 0 Å². The first-order valence-corrected chi connectivity index (χ1v) is 17.1. The molecule has 7 heterocycles. The Morgan fingerprint density at radius 2 is 1.66 bits per heavy atom. The van der Waals surface area contributed by atoms with Gasteiger partial charge in [0.25, 0.3) is 0 Å². The van der Waals surface area contributed by atoms with Crippen molar-refractivity contribution in [3.8, 4) is 0 Å². The normalized spacial score (nSPS) is 38.3. The molecule has 3 aliphatic heterocycles. The lowest BCUT2D eigenvalue weighted by Crippen LogP contribution is -2.36. The summed E-state index contributed by atoms with van der Waals surface area (Å²) in [5.41, 5.74) is 13.1. The third-order valence-electron chi connectivity index (χ3n) is 7.52. The number of aliphatic hydroxyl groups is 2. The van der Waals surface area contributed by atoms with Crippen LogP contribution < -0.4 is 11.5 Å². The number of ether oxygens (including phenoxy) is 2. The molecule has 2 unspecified atom stereocenters. The number of aromatic nitrogens is 6. The van der Waals surface area contributed by atoms with Gasteiger partial charge in [-0.25, -0.2) is 24.5 Å². The number of rotatable bonds is 2. The average Bonchev–Trinajstić information content (AvgIpc) is 3.73. The van der Waals surface area contributed by atoms with Crippen LogP contribution in [-0.4, -0.2) is 98.9 Å². The minimum Gasteiger partial charge on any atom is -0.398 e. The van der Waals surface area contributed by atoms with Crippen LogP contribution in [0.15, 0.2) is 37.2 Å². The third-order valence-corrected chi connectivity index (χ3v) is 10.1. The molecule has 10 atom stereocenters. The maximum atomic E-state index is 13.2. The fourth-order valence-corrected chi connectivity index (χ4v) is 7.83. The fourth-order valence-electron chi connectivity index (χ4n) is 5.45. The highest BCUT2D eigenvalue weighted by atomic mass is 32.5. The van der Waals surface area contributed by atoms with E-state index < -0.39 is 76.8 Å². The molecule has 4 aromatic rings. The molecule has 0 aliphatic carbocycles. The zero-order chi connectivity index (χ0) is 31.0. The minimum absolute atomic E-state index is 0.0693. The number of hydrogen-bond donors (Lipinski definition) is 6. The largest absolute Gasteiger partial charge is 0.472 e. The van der Waals surface area contributed by atoms with Gasteiger partial charge in [0.15, 0.2) is 23.9 Å². The number of pyridine rings is 1. The Hall–Kier alpha value is -2.68. The predicted molar refractivity (Wildman–Crippen MR) is 152 cm³/mol. The van der Waals surface area contributed by atoms with Gasteiger partial charge >= 0.3 is 14.5 Å². The van der Waals surface area contributed by atoms with Crippen molar-refractivity contribution in [2.24, 2.45) is 0 Å². The number of anilines is 2. The summed E-state index contributed by atoms with van der Waals surface area (Å²) >= 11 is 5.21. The number of fused-ring (bicyclic) bond motifs is 5. The average molecular weight is 673 g/mol. The zero-order valence-corrected chi connectivity index (χ0v) is 24.9. The summed E-state index contributed by atoms with van der Waals surface area (Å²) in [4.78, 5) is 38.2. The van der Waals surface area contributed by atoms with E-state index in [1.54, 1.807) is 18.3 Å².